The molecule has 1 nitrogen and oxygen atoms in total. The highest BCUT2D eigenvalue weighted by Crippen LogP contribution is 2.39. The normalized spacial score (nSPS) is 13.9. The molecule has 2 N–H and O–H groups in total. The largest absolute Gasteiger partial charge is 0.416 e. The van der Waals surface area contributed by atoms with Gasteiger partial charge in [0.15, 0.2) is 0 Å². The Labute approximate surface area is 131 Å². The minimum absolute atomic E-state index is 0. The average Bonchev–Trinajstić information content (AvgIpc) is 2.33. The van der Waals surface area contributed by atoms with E-state index in [1.165, 1.54) is 0 Å². The first-order valence-electron chi connectivity index (χ1n) is 6.47. The molecular formula is C14H18ClF6N. The molecule has 22 heavy (non-hydrogen) atoms. The summed E-state index contributed by atoms with van der Waals surface area (Å²) in [6, 6.07) is 0.660. The standard InChI is InChI=1S/C14H17F6N.ClH/c1-8(2)3-6-12(21)10-5-4-9(13(15,16)17)7-11(10)14(18,19)20;/h4-5,7-8,12H,3,6,21H2,1-2H3;1H/t12-;/m0./s1. The molecule has 0 aliphatic rings. The van der Waals surface area contributed by atoms with Crippen LogP contribution in [0.4, 0.5) is 26.3 Å². The molecule has 0 aromatic heterocycles. The number of nitrogens with two attached hydrogens (primary N) is 1. The number of hydrogen-bond donors (Lipinski definition) is 1. The third kappa shape index (κ3) is 5.68. The fourth-order valence-electron chi connectivity index (χ4n) is 1.97. The van der Waals surface area contributed by atoms with Gasteiger partial charge in [0.05, 0.1) is 11.1 Å². The van der Waals surface area contributed by atoms with Crippen molar-refractivity contribution in [1.29, 1.82) is 0 Å². The van der Waals surface area contributed by atoms with E-state index in [1.807, 2.05) is 13.8 Å². The topological polar surface area (TPSA) is 26.0 Å². The zero-order valence-electron chi connectivity index (χ0n) is 12.1. The summed E-state index contributed by atoms with van der Waals surface area (Å²) in [5, 5.41) is 0. The van der Waals surface area contributed by atoms with Crippen LogP contribution in [0.1, 0.15) is 49.4 Å². The van der Waals surface area contributed by atoms with Gasteiger partial charge < -0.3 is 5.73 Å². The summed E-state index contributed by atoms with van der Waals surface area (Å²) in [7, 11) is 0. The van der Waals surface area contributed by atoms with Crippen molar-refractivity contribution in [3.63, 3.8) is 0 Å². The highest BCUT2D eigenvalue weighted by Gasteiger charge is 2.38. The predicted molar refractivity (Wildman–Crippen MR) is 74.7 cm³/mol. The van der Waals surface area contributed by atoms with Crippen molar-refractivity contribution in [2.45, 2.75) is 45.1 Å². The maximum Gasteiger partial charge on any atom is 0.416 e. The lowest BCUT2D eigenvalue weighted by molar-refractivity contribution is -0.143. The molecule has 0 heterocycles. The van der Waals surface area contributed by atoms with Crippen LogP contribution in [-0.2, 0) is 12.4 Å². The molecule has 0 aliphatic carbocycles. The summed E-state index contributed by atoms with van der Waals surface area (Å²) < 4.78 is 76.5. The Balaban J connectivity index is 0.00000441. The van der Waals surface area contributed by atoms with Gasteiger partial charge >= 0.3 is 12.4 Å². The lowest BCUT2D eigenvalue weighted by atomic mass is 9.93. The number of benzene rings is 1. The lowest BCUT2D eigenvalue weighted by Gasteiger charge is -2.20. The Kier molecular flexibility index (Phi) is 7.22. The van der Waals surface area contributed by atoms with Gasteiger partial charge in [-0.1, -0.05) is 19.9 Å². The molecule has 0 amide bonds. The van der Waals surface area contributed by atoms with Gasteiger partial charge in [-0.2, -0.15) is 26.3 Å². The molecule has 0 radical (unpaired) electrons. The molecule has 1 aromatic carbocycles. The number of alkyl halides is 6. The van der Waals surface area contributed by atoms with E-state index >= 15 is 0 Å². The molecule has 1 atom stereocenters. The smallest absolute Gasteiger partial charge is 0.324 e. The third-order valence-corrected chi connectivity index (χ3v) is 3.14. The van der Waals surface area contributed by atoms with Gasteiger partial charge in [-0.05, 0) is 36.5 Å². The van der Waals surface area contributed by atoms with Gasteiger partial charge in [0.25, 0.3) is 0 Å². The lowest BCUT2D eigenvalue weighted by Crippen LogP contribution is -2.19. The van der Waals surface area contributed by atoms with Crippen molar-refractivity contribution in [1.82, 2.24) is 0 Å². The van der Waals surface area contributed by atoms with E-state index in [0.717, 1.165) is 6.07 Å². The van der Waals surface area contributed by atoms with Crippen LogP contribution >= 0.6 is 12.4 Å². The van der Waals surface area contributed by atoms with E-state index in [-0.39, 0.29) is 36.4 Å². The second kappa shape index (κ2) is 7.55. The van der Waals surface area contributed by atoms with Gasteiger partial charge in [-0.3, -0.25) is 0 Å². The van der Waals surface area contributed by atoms with Gasteiger partial charge in [0.2, 0.25) is 0 Å². The summed E-state index contributed by atoms with van der Waals surface area (Å²) in [4.78, 5) is 0. The first-order valence-corrected chi connectivity index (χ1v) is 6.47. The molecule has 128 valence electrons. The zero-order valence-corrected chi connectivity index (χ0v) is 12.9. The van der Waals surface area contributed by atoms with Crippen LogP contribution in [0.3, 0.4) is 0 Å². The minimum Gasteiger partial charge on any atom is -0.324 e. The third-order valence-electron chi connectivity index (χ3n) is 3.14. The molecule has 0 bridgehead atoms. The molecule has 0 saturated carbocycles. The van der Waals surface area contributed by atoms with Crippen LogP contribution in [0.15, 0.2) is 18.2 Å². The van der Waals surface area contributed by atoms with Crippen molar-refractivity contribution in [2.24, 2.45) is 11.7 Å². The Hall–Kier alpha value is -0.950. The van der Waals surface area contributed by atoms with Crippen LogP contribution < -0.4 is 5.73 Å². The summed E-state index contributed by atoms with van der Waals surface area (Å²) in [5.74, 6) is 0.250. The first-order chi connectivity index (χ1) is 9.43. The molecule has 8 heteroatoms. The van der Waals surface area contributed by atoms with E-state index in [1.54, 1.807) is 0 Å². The van der Waals surface area contributed by atoms with Gasteiger partial charge in [-0.25, -0.2) is 0 Å². The highest BCUT2D eigenvalue weighted by atomic mass is 35.5. The number of hydrogen-bond acceptors (Lipinski definition) is 1. The Morgan fingerprint density at radius 3 is 1.91 bits per heavy atom. The highest BCUT2D eigenvalue weighted by molar-refractivity contribution is 5.85. The van der Waals surface area contributed by atoms with Gasteiger partial charge in [0, 0.05) is 6.04 Å². The number of rotatable bonds is 4. The van der Waals surface area contributed by atoms with E-state index in [0.29, 0.717) is 12.5 Å². The second-order valence-electron chi connectivity index (χ2n) is 5.38. The van der Waals surface area contributed by atoms with Crippen molar-refractivity contribution in [3.8, 4) is 0 Å². The average molecular weight is 350 g/mol. The molecule has 1 aromatic rings. The molecular weight excluding hydrogens is 332 g/mol. The van der Waals surface area contributed by atoms with Crippen LogP contribution in [0.25, 0.3) is 0 Å². The van der Waals surface area contributed by atoms with E-state index in [2.05, 4.69) is 0 Å². The predicted octanol–water partition coefficient (Wildman–Crippen LogP) is 5.58. The van der Waals surface area contributed by atoms with Crippen molar-refractivity contribution < 1.29 is 26.3 Å². The zero-order chi connectivity index (χ0) is 16.4. The van der Waals surface area contributed by atoms with Crippen LogP contribution in [0, 0.1) is 5.92 Å². The maximum absolute atomic E-state index is 13.0. The van der Waals surface area contributed by atoms with Crippen LogP contribution in [0.2, 0.25) is 0 Å². The Morgan fingerprint density at radius 2 is 1.50 bits per heavy atom. The summed E-state index contributed by atoms with van der Waals surface area (Å²) in [6.45, 7) is 3.79. The summed E-state index contributed by atoms with van der Waals surface area (Å²) in [6.07, 6.45) is -8.81. The van der Waals surface area contributed by atoms with Gasteiger partial charge in [-0.15, -0.1) is 12.4 Å². The van der Waals surface area contributed by atoms with Crippen LogP contribution in [-0.4, -0.2) is 0 Å². The van der Waals surface area contributed by atoms with Crippen molar-refractivity contribution in [3.05, 3.63) is 34.9 Å². The quantitative estimate of drug-likeness (QED) is 0.705. The molecule has 0 spiro atoms. The minimum atomic E-state index is -4.87. The van der Waals surface area contributed by atoms with E-state index in [9.17, 15) is 26.3 Å². The van der Waals surface area contributed by atoms with Gasteiger partial charge in [0.1, 0.15) is 0 Å². The molecule has 0 unspecified atom stereocenters. The van der Waals surface area contributed by atoms with E-state index in [4.69, 9.17) is 5.73 Å². The Morgan fingerprint density at radius 1 is 0.955 bits per heavy atom. The monoisotopic (exact) mass is 349 g/mol. The van der Waals surface area contributed by atoms with E-state index < -0.39 is 29.5 Å². The maximum atomic E-state index is 13.0. The van der Waals surface area contributed by atoms with Crippen LogP contribution in [0.5, 0.6) is 0 Å². The molecule has 0 aliphatic heterocycles. The van der Waals surface area contributed by atoms with Crippen molar-refractivity contribution >= 4 is 12.4 Å². The molecule has 0 fully saturated rings. The first kappa shape index (κ1) is 21.0. The fourth-order valence-corrected chi connectivity index (χ4v) is 1.97. The fraction of sp³-hybridized carbons (Fsp3) is 0.571. The Bertz CT molecular complexity index is 481. The van der Waals surface area contributed by atoms with Crippen molar-refractivity contribution in [2.75, 3.05) is 0 Å². The number of halogens is 7. The summed E-state index contributed by atoms with van der Waals surface area (Å²) in [5.41, 5.74) is 2.79. The summed E-state index contributed by atoms with van der Waals surface area (Å²) >= 11 is 0. The SMILES string of the molecule is CC(C)CC[C@H](N)c1ccc(C(F)(F)F)cc1C(F)(F)F.Cl. The molecule has 0 saturated heterocycles. The second-order valence-corrected chi connectivity index (χ2v) is 5.38. The molecule has 1 rings (SSSR count).